The molecule has 0 radical (unpaired) electrons. The number of imidazole rings is 1. The first kappa shape index (κ1) is 26.0. The fourth-order valence-corrected chi connectivity index (χ4v) is 5.89. The summed E-state index contributed by atoms with van der Waals surface area (Å²) in [6.07, 6.45) is 1.91. The van der Waals surface area contributed by atoms with E-state index >= 15 is 0 Å². The molecule has 2 heterocycles. The van der Waals surface area contributed by atoms with Gasteiger partial charge in [0.05, 0.1) is 25.0 Å². The van der Waals surface area contributed by atoms with Crippen LogP contribution in [0.1, 0.15) is 31.7 Å². The van der Waals surface area contributed by atoms with Gasteiger partial charge >= 0.3 is 7.60 Å². The van der Waals surface area contributed by atoms with Gasteiger partial charge in [-0.1, -0.05) is 31.0 Å². The van der Waals surface area contributed by atoms with E-state index in [2.05, 4.69) is 20.3 Å². The monoisotopic (exact) mass is 551 g/mol. The van der Waals surface area contributed by atoms with Crippen LogP contribution >= 0.6 is 19.2 Å². The fraction of sp³-hybridized carbons (Fsp3) is 0.478. The summed E-state index contributed by atoms with van der Waals surface area (Å²) in [5.74, 6) is -1.05. The molecule has 0 saturated heterocycles. The number of Topliss-reactive ketones (excluding diaryl/α,β-unsaturated/α-hetero) is 1. The third kappa shape index (κ3) is 5.50. The van der Waals surface area contributed by atoms with Gasteiger partial charge in [-0.05, 0) is 36.6 Å². The van der Waals surface area contributed by atoms with Crippen molar-refractivity contribution in [1.82, 2.24) is 19.5 Å². The van der Waals surface area contributed by atoms with E-state index in [0.29, 0.717) is 11.3 Å². The Hall–Kier alpha value is -2.60. The smallest absolute Gasteiger partial charge is 0.402 e. The minimum Gasteiger partial charge on any atom is -0.423 e. The second kappa shape index (κ2) is 10.6. The van der Waals surface area contributed by atoms with E-state index in [0.717, 1.165) is 25.7 Å². The Labute approximate surface area is 217 Å². The van der Waals surface area contributed by atoms with Crippen LogP contribution in [0, 0.1) is 5.92 Å². The van der Waals surface area contributed by atoms with Crippen molar-refractivity contribution in [3.63, 3.8) is 0 Å². The number of fused-ring (bicyclic) bond motifs is 1. The normalized spacial score (nSPS) is 26.0. The van der Waals surface area contributed by atoms with Gasteiger partial charge in [0.15, 0.2) is 29.1 Å². The molecule has 0 spiro atoms. The van der Waals surface area contributed by atoms with Gasteiger partial charge in [0.2, 0.25) is 5.28 Å². The van der Waals surface area contributed by atoms with Crippen molar-refractivity contribution in [2.24, 2.45) is 5.92 Å². The van der Waals surface area contributed by atoms with Gasteiger partial charge in [-0.2, -0.15) is 9.97 Å². The van der Waals surface area contributed by atoms with Crippen LogP contribution in [0.4, 0.5) is 5.82 Å². The Balaban J connectivity index is 1.30. The van der Waals surface area contributed by atoms with E-state index in [4.69, 9.17) is 20.9 Å². The van der Waals surface area contributed by atoms with Crippen molar-refractivity contribution in [2.75, 3.05) is 18.3 Å². The molecule has 3 aromatic rings. The highest BCUT2D eigenvalue weighted by molar-refractivity contribution is 7.53. The van der Waals surface area contributed by atoms with Gasteiger partial charge in [-0.15, -0.1) is 0 Å². The number of aliphatic hydroxyl groups is 2. The number of aromatic nitrogens is 4. The van der Waals surface area contributed by atoms with E-state index in [9.17, 15) is 24.5 Å². The summed E-state index contributed by atoms with van der Waals surface area (Å²) in [7, 11) is -4.18. The predicted octanol–water partition coefficient (Wildman–Crippen LogP) is 2.53. The average molecular weight is 552 g/mol. The Morgan fingerprint density at radius 3 is 2.59 bits per heavy atom. The molecule has 0 bridgehead atoms. The van der Waals surface area contributed by atoms with E-state index in [1.165, 1.54) is 23.0 Å². The van der Waals surface area contributed by atoms with Crippen LogP contribution in [-0.2, 0) is 14.1 Å². The highest BCUT2D eigenvalue weighted by Gasteiger charge is 2.50. The average Bonchev–Trinajstić information content (AvgIpc) is 3.56. The predicted molar refractivity (Wildman–Crippen MR) is 133 cm³/mol. The minimum absolute atomic E-state index is 0.0489. The number of hydrogen-bond donors (Lipinski definition) is 4. The second-order valence-electron chi connectivity index (χ2n) is 9.27. The number of ketones is 1. The lowest BCUT2D eigenvalue weighted by Crippen LogP contribution is -2.31. The second-order valence-corrected chi connectivity index (χ2v) is 11.3. The summed E-state index contributed by atoms with van der Waals surface area (Å²) in [5.41, 5.74) is 0.632. The van der Waals surface area contributed by atoms with Gasteiger partial charge in [-0.3, -0.25) is 4.79 Å². The SMILES string of the molecule is O=C1[C@H](COCP(=O)(O)Oc2ccccc2)[C@H](O)[C@H](O)[C@H]1n1cnc2c(NC3CCCC3)nc(Cl)nc21. The molecule has 12 nitrogen and oxygen atoms in total. The number of carbonyl (C=O) groups is 1. The van der Waals surface area contributed by atoms with Gasteiger partial charge in [0.1, 0.15) is 17.9 Å². The zero-order chi connectivity index (χ0) is 26.2. The summed E-state index contributed by atoms with van der Waals surface area (Å²) in [6.45, 7) is -0.396. The molecule has 37 heavy (non-hydrogen) atoms. The van der Waals surface area contributed by atoms with Gasteiger partial charge < -0.3 is 34.3 Å². The topological polar surface area (TPSA) is 169 Å². The molecule has 2 fully saturated rings. The van der Waals surface area contributed by atoms with E-state index in [-0.39, 0.29) is 22.7 Å². The van der Waals surface area contributed by atoms with Crippen LogP contribution in [-0.4, -0.2) is 71.6 Å². The van der Waals surface area contributed by atoms with Crippen molar-refractivity contribution < 1.29 is 33.7 Å². The number of rotatable bonds is 9. The molecule has 14 heteroatoms. The first-order chi connectivity index (χ1) is 17.7. The highest BCUT2D eigenvalue weighted by atomic mass is 35.5. The van der Waals surface area contributed by atoms with Crippen LogP contribution in [0.25, 0.3) is 11.2 Å². The molecule has 0 amide bonds. The highest BCUT2D eigenvalue weighted by Crippen LogP contribution is 2.43. The minimum atomic E-state index is -4.18. The van der Waals surface area contributed by atoms with E-state index in [1.54, 1.807) is 18.2 Å². The third-order valence-electron chi connectivity index (χ3n) is 6.68. The number of para-hydroxylation sites is 1. The summed E-state index contributed by atoms with van der Waals surface area (Å²) in [4.78, 5) is 36.2. The summed E-state index contributed by atoms with van der Waals surface area (Å²) >= 11 is 6.16. The van der Waals surface area contributed by atoms with Crippen molar-refractivity contribution in [3.8, 4) is 5.75 Å². The molecule has 2 aliphatic rings. The molecular weight excluding hydrogens is 525 g/mol. The Morgan fingerprint density at radius 2 is 1.86 bits per heavy atom. The molecule has 2 saturated carbocycles. The Kier molecular flexibility index (Phi) is 7.49. The summed E-state index contributed by atoms with van der Waals surface area (Å²) < 4.78 is 24.1. The summed E-state index contributed by atoms with van der Waals surface area (Å²) in [6, 6.07) is 7.10. The largest absolute Gasteiger partial charge is 0.423 e. The van der Waals surface area contributed by atoms with E-state index < -0.39 is 50.5 Å². The molecule has 198 valence electrons. The zero-order valence-corrected chi connectivity index (χ0v) is 21.3. The molecular formula is C23H27ClN5O7P. The number of carbonyl (C=O) groups excluding carboxylic acids is 1. The van der Waals surface area contributed by atoms with Gasteiger partial charge in [0, 0.05) is 6.04 Å². The molecule has 5 atom stereocenters. The Bertz CT molecular complexity index is 1320. The van der Waals surface area contributed by atoms with Crippen molar-refractivity contribution >= 4 is 42.0 Å². The van der Waals surface area contributed by atoms with Crippen molar-refractivity contribution in [1.29, 1.82) is 0 Å². The quantitative estimate of drug-likeness (QED) is 0.228. The van der Waals surface area contributed by atoms with Crippen LogP contribution < -0.4 is 9.84 Å². The zero-order valence-electron chi connectivity index (χ0n) is 19.7. The molecule has 4 N–H and O–H groups in total. The maximum absolute atomic E-state index is 13.3. The molecule has 1 aromatic carbocycles. The number of hydrogen-bond acceptors (Lipinski definition) is 10. The molecule has 0 aliphatic heterocycles. The lowest BCUT2D eigenvalue weighted by atomic mass is 10.1. The lowest BCUT2D eigenvalue weighted by molar-refractivity contribution is -0.126. The number of nitrogens with zero attached hydrogens (tertiary/aromatic N) is 4. The van der Waals surface area contributed by atoms with E-state index in [1.807, 2.05) is 0 Å². The lowest BCUT2D eigenvalue weighted by Gasteiger charge is -2.17. The standard InChI is InChI=1S/C23H27ClN5O7P/c24-23-27-21(26-13-6-4-5-7-13)16-22(28-23)29(11-25-16)17-18(30)15(19(31)20(17)32)10-35-12-37(33,34)36-14-8-2-1-3-9-14/h1-3,8-9,11,13,15,17,19-20,31-32H,4-7,10,12H2,(H,33,34)(H,26,27,28)/t15-,17-,19-,20+/m0/s1. The molecule has 2 aromatic heterocycles. The number of nitrogens with one attached hydrogen (secondary N) is 1. The number of benzene rings is 1. The van der Waals surface area contributed by atoms with Crippen LogP contribution in [0.2, 0.25) is 5.28 Å². The third-order valence-corrected chi connectivity index (χ3v) is 7.85. The van der Waals surface area contributed by atoms with Crippen LogP contribution in [0.3, 0.4) is 0 Å². The first-order valence-corrected chi connectivity index (χ1v) is 14.1. The van der Waals surface area contributed by atoms with Crippen LogP contribution in [0.5, 0.6) is 5.75 Å². The molecule has 1 unspecified atom stereocenters. The molecule has 2 aliphatic carbocycles. The number of ether oxygens (including phenoxy) is 1. The maximum atomic E-state index is 13.3. The number of aliphatic hydroxyl groups excluding tert-OH is 2. The van der Waals surface area contributed by atoms with Gasteiger partial charge in [-0.25, -0.2) is 9.55 Å². The van der Waals surface area contributed by atoms with Gasteiger partial charge in [0.25, 0.3) is 0 Å². The number of halogens is 1. The van der Waals surface area contributed by atoms with Crippen molar-refractivity contribution in [2.45, 2.75) is 50.0 Å². The fourth-order valence-electron chi connectivity index (χ4n) is 4.89. The maximum Gasteiger partial charge on any atom is 0.402 e. The first-order valence-electron chi connectivity index (χ1n) is 11.9. The Morgan fingerprint density at radius 1 is 1.14 bits per heavy atom. The van der Waals surface area contributed by atoms with Crippen LogP contribution in [0.15, 0.2) is 36.7 Å². The van der Waals surface area contributed by atoms with Crippen molar-refractivity contribution in [3.05, 3.63) is 41.9 Å². The molecule has 5 rings (SSSR count). The number of anilines is 1. The summed E-state index contributed by atoms with van der Waals surface area (Å²) in [5, 5.41) is 24.7.